The highest BCUT2D eigenvalue weighted by Crippen LogP contribution is 2.15. The number of sulfonamides is 1. The molecule has 0 radical (unpaired) electrons. The Labute approximate surface area is 123 Å². The third-order valence-corrected chi connectivity index (χ3v) is 5.52. The lowest BCUT2D eigenvalue weighted by Gasteiger charge is -2.16. The highest BCUT2D eigenvalue weighted by molar-refractivity contribution is 7.88. The van der Waals surface area contributed by atoms with Gasteiger partial charge >= 0.3 is 0 Å². The largest absolute Gasteiger partial charge is 0.392 e. The maximum absolute atomic E-state index is 12.3. The van der Waals surface area contributed by atoms with E-state index >= 15 is 0 Å². The van der Waals surface area contributed by atoms with Gasteiger partial charge in [-0.15, -0.1) is 0 Å². The number of rotatable bonds is 6. The van der Waals surface area contributed by atoms with Crippen LogP contribution in [0.3, 0.4) is 0 Å². The van der Waals surface area contributed by atoms with Crippen LogP contribution in [0, 0.1) is 0 Å². The molecule has 0 aliphatic rings. The summed E-state index contributed by atoms with van der Waals surface area (Å²) >= 11 is 1.56. The number of hydrogen-bond donors (Lipinski definition) is 1. The van der Waals surface area contributed by atoms with Gasteiger partial charge in [0.25, 0.3) is 0 Å². The van der Waals surface area contributed by atoms with Gasteiger partial charge in [-0.1, -0.05) is 24.3 Å². The van der Waals surface area contributed by atoms with Gasteiger partial charge in [-0.2, -0.15) is 11.3 Å². The highest BCUT2D eigenvalue weighted by atomic mass is 32.2. The van der Waals surface area contributed by atoms with Crippen molar-refractivity contribution in [1.82, 2.24) is 4.31 Å². The lowest BCUT2D eigenvalue weighted by Crippen LogP contribution is -2.27. The van der Waals surface area contributed by atoms with E-state index < -0.39 is 10.0 Å². The van der Waals surface area contributed by atoms with E-state index in [-0.39, 0.29) is 12.4 Å². The third kappa shape index (κ3) is 3.89. The van der Waals surface area contributed by atoms with Gasteiger partial charge in [0.1, 0.15) is 0 Å². The van der Waals surface area contributed by atoms with Crippen LogP contribution in [0.25, 0.3) is 0 Å². The second-order valence-corrected chi connectivity index (χ2v) is 7.47. The minimum Gasteiger partial charge on any atom is -0.392 e. The molecule has 0 aliphatic carbocycles. The molecule has 0 spiro atoms. The van der Waals surface area contributed by atoms with E-state index in [1.54, 1.807) is 42.6 Å². The Balaban J connectivity index is 2.05. The predicted molar refractivity (Wildman–Crippen MR) is 80.8 cm³/mol. The van der Waals surface area contributed by atoms with Gasteiger partial charge in [-0.05, 0) is 33.5 Å². The Morgan fingerprint density at radius 3 is 2.30 bits per heavy atom. The van der Waals surface area contributed by atoms with Crippen LogP contribution in [0.1, 0.15) is 16.7 Å². The van der Waals surface area contributed by atoms with Crippen LogP contribution >= 0.6 is 11.3 Å². The summed E-state index contributed by atoms with van der Waals surface area (Å²) in [6, 6.07) is 8.88. The standard InChI is InChI=1S/C14H17NO3S2/c1-15(8-14-6-7-19-10-14)20(17,18)11-13-4-2-12(9-16)3-5-13/h2-7,10,16H,8-9,11H2,1H3. The molecule has 0 unspecified atom stereocenters. The maximum Gasteiger partial charge on any atom is 0.218 e. The van der Waals surface area contributed by atoms with Crippen LogP contribution in [0.2, 0.25) is 0 Å². The number of aliphatic hydroxyl groups excluding tert-OH is 1. The summed E-state index contributed by atoms with van der Waals surface area (Å²) in [5, 5.41) is 12.8. The van der Waals surface area contributed by atoms with Crippen molar-refractivity contribution in [2.75, 3.05) is 7.05 Å². The number of thiophene rings is 1. The molecule has 20 heavy (non-hydrogen) atoms. The Kier molecular flexibility index (Phi) is 4.93. The zero-order chi connectivity index (χ0) is 14.6. The van der Waals surface area contributed by atoms with Gasteiger partial charge in [0.2, 0.25) is 10.0 Å². The maximum atomic E-state index is 12.3. The molecule has 0 aliphatic heterocycles. The molecular weight excluding hydrogens is 294 g/mol. The molecule has 4 nitrogen and oxygen atoms in total. The Morgan fingerprint density at radius 1 is 1.10 bits per heavy atom. The van der Waals surface area contributed by atoms with Gasteiger partial charge in [0, 0.05) is 13.6 Å². The quantitative estimate of drug-likeness (QED) is 0.890. The summed E-state index contributed by atoms with van der Waals surface area (Å²) in [6.45, 7) is 0.353. The first-order valence-corrected chi connectivity index (χ1v) is 8.70. The Morgan fingerprint density at radius 2 is 1.75 bits per heavy atom. The van der Waals surface area contributed by atoms with Crippen molar-refractivity contribution in [1.29, 1.82) is 0 Å². The molecule has 1 heterocycles. The molecule has 6 heteroatoms. The summed E-state index contributed by atoms with van der Waals surface area (Å²) in [5.74, 6) is -0.0284. The SMILES string of the molecule is CN(Cc1ccsc1)S(=O)(=O)Cc1ccc(CO)cc1. The van der Waals surface area contributed by atoms with Crippen molar-refractivity contribution >= 4 is 21.4 Å². The molecule has 0 atom stereocenters. The van der Waals surface area contributed by atoms with Crippen molar-refractivity contribution < 1.29 is 13.5 Å². The van der Waals surface area contributed by atoms with E-state index in [0.717, 1.165) is 16.7 Å². The molecule has 0 amide bonds. The zero-order valence-electron chi connectivity index (χ0n) is 11.2. The van der Waals surface area contributed by atoms with E-state index in [1.165, 1.54) is 4.31 Å². The zero-order valence-corrected chi connectivity index (χ0v) is 12.8. The average Bonchev–Trinajstić information content (AvgIpc) is 2.92. The van der Waals surface area contributed by atoms with E-state index in [4.69, 9.17) is 5.11 Å². The van der Waals surface area contributed by atoms with Crippen molar-refractivity contribution in [3.63, 3.8) is 0 Å². The van der Waals surface area contributed by atoms with Crippen molar-refractivity contribution in [2.45, 2.75) is 18.9 Å². The first-order chi connectivity index (χ1) is 9.51. The fourth-order valence-corrected chi connectivity index (χ4v) is 3.64. The van der Waals surface area contributed by atoms with Crippen LogP contribution in [0.15, 0.2) is 41.1 Å². The third-order valence-electron chi connectivity index (χ3n) is 3.01. The van der Waals surface area contributed by atoms with Gasteiger partial charge < -0.3 is 5.11 Å². The van der Waals surface area contributed by atoms with Crippen molar-refractivity contribution in [3.8, 4) is 0 Å². The topological polar surface area (TPSA) is 57.6 Å². The molecule has 2 rings (SSSR count). The van der Waals surface area contributed by atoms with Gasteiger partial charge in [0.15, 0.2) is 0 Å². The fraction of sp³-hybridized carbons (Fsp3) is 0.286. The second kappa shape index (κ2) is 6.49. The molecular formula is C14H17NO3S2. The molecule has 1 aromatic heterocycles. The molecule has 0 fully saturated rings. The molecule has 0 saturated heterocycles. The second-order valence-electron chi connectivity index (χ2n) is 4.62. The van der Waals surface area contributed by atoms with Crippen LogP contribution in [-0.2, 0) is 28.9 Å². The highest BCUT2D eigenvalue weighted by Gasteiger charge is 2.18. The Bertz CT molecular complexity index is 634. The first kappa shape index (κ1) is 15.2. The minimum absolute atomic E-state index is 0.0284. The summed E-state index contributed by atoms with van der Waals surface area (Å²) in [7, 11) is -1.74. The van der Waals surface area contributed by atoms with Crippen molar-refractivity contribution in [2.24, 2.45) is 0 Å². The normalized spacial score (nSPS) is 11.9. The predicted octanol–water partition coefficient (Wildman–Crippen LogP) is 2.20. The van der Waals surface area contributed by atoms with Gasteiger partial charge in [0.05, 0.1) is 12.4 Å². The summed E-state index contributed by atoms with van der Waals surface area (Å²) in [5.41, 5.74) is 2.49. The van der Waals surface area contributed by atoms with Crippen molar-refractivity contribution in [3.05, 3.63) is 57.8 Å². The number of benzene rings is 1. The van der Waals surface area contributed by atoms with E-state index in [2.05, 4.69) is 0 Å². The summed E-state index contributed by atoms with van der Waals surface area (Å²) in [4.78, 5) is 0. The summed E-state index contributed by atoms with van der Waals surface area (Å²) < 4.78 is 25.9. The number of hydrogen-bond acceptors (Lipinski definition) is 4. The lowest BCUT2D eigenvalue weighted by molar-refractivity contribution is 0.282. The monoisotopic (exact) mass is 311 g/mol. The molecule has 1 aromatic carbocycles. The van der Waals surface area contributed by atoms with Crippen LogP contribution in [0.5, 0.6) is 0 Å². The molecule has 108 valence electrons. The van der Waals surface area contributed by atoms with Gasteiger partial charge in [-0.25, -0.2) is 12.7 Å². The molecule has 0 saturated carbocycles. The Hall–Kier alpha value is -1.21. The smallest absolute Gasteiger partial charge is 0.218 e. The van der Waals surface area contributed by atoms with E-state index in [1.807, 2.05) is 16.8 Å². The van der Waals surface area contributed by atoms with E-state index in [0.29, 0.717) is 6.54 Å². The average molecular weight is 311 g/mol. The lowest BCUT2D eigenvalue weighted by atomic mass is 10.2. The van der Waals surface area contributed by atoms with Gasteiger partial charge in [-0.3, -0.25) is 0 Å². The van der Waals surface area contributed by atoms with Crippen LogP contribution in [0.4, 0.5) is 0 Å². The van der Waals surface area contributed by atoms with E-state index in [9.17, 15) is 8.42 Å². The van der Waals surface area contributed by atoms with Crippen LogP contribution < -0.4 is 0 Å². The number of nitrogens with zero attached hydrogens (tertiary/aromatic N) is 1. The molecule has 0 bridgehead atoms. The first-order valence-electron chi connectivity index (χ1n) is 6.15. The fourth-order valence-electron chi connectivity index (χ4n) is 1.80. The molecule has 1 N–H and O–H groups in total. The van der Waals surface area contributed by atoms with Crippen LogP contribution in [-0.4, -0.2) is 24.9 Å². The summed E-state index contributed by atoms with van der Waals surface area (Å²) in [6.07, 6.45) is 0. The number of aliphatic hydroxyl groups is 1. The molecule has 2 aromatic rings. The minimum atomic E-state index is -3.33.